The van der Waals surface area contributed by atoms with Gasteiger partial charge in [-0.2, -0.15) is 0 Å². The van der Waals surface area contributed by atoms with E-state index in [0.717, 1.165) is 0 Å². The second kappa shape index (κ2) is 6.11. The molecule has 0 fully saturated rings. The van der Waals surface area contributed by atoms with Gasteiger partial charge in [-0.15, -0.1) is 0 Å². The number of hydrogen-bond acceptors (Lipinski definition) is 4. The Morgan fingerprint density at radius 2 is 2.05 bits per heavy atom. The molecule has 2 rings (SSSR count). The summed E-state index contributed by atoms with van der Waals surface area (Å²) in [6.07, 6.45) is 1.45. The fourth-order valence-electron chi connectivity index (χ4n) is 1.62. The van der Waals surface area contributed by atoms with Gasteiger partial charge in [0.2, 0.25) is 0 Å². The van der Waals surface area contributed by atoms with E-state index in [1.807, 2.05) is 6.92 Å². The van der Waals surface area contributed by atoms with Crippen LogP contribution in [0.5, 0.6) is 0 Å². The van der Waals surface area contributed by atoms with Gasteiger partial charge >= 0.3 is 0 Å². The number of halogens is 1. The van der Waals surface area contributed by atoms with Crippen LogP contribution < -0.4 is 10.0 Å². The zero-order valence-electron chi connectivity index (χ0n) is 10.8. The first-order chi connectivity index (χ1) is 9.51. The van der Waals surface area contributed by atoms with Crippen molar-refractivity contribution in [1.29, 1.82) is 0 Å². The molecule has 0 saturated heterocycles. The van der Waals surface area contributed by atoms with Crippen molar-refractivity contribution in [1.82, 2.24) is 4.98 Å². The second-order valence-electron chi connectivity index (χ2n) is 4.02. The molecule has 0 aliphatic carbocycles. The number of pyridine rings is 1. The van der Waals surface area contributed by atoms with Crippen molar-refractivity contribution in [3.05, 3.63) is 47.6 Å². The maximum absolute atomic E-state index is 12.3. The van der Waals surface area contributed by atoms with E-state index in [-0.39, 0.29) is 4.90 Å². The standard InChI is InChI=1S/C13H14ClN3O2S/c1-2-15-13-9-12(6-7-16-13)20(18,19)17-11-5-3-4-10(14)8-11/h3-9,17H,2H2,1H3,(H,15,16). The molecule has 0 amide bonds. The number of anilines is 2. The molecule has 1 heterocycles. The number of nitrogens with zero attached hydrogens (tertiary/aromatic N) is 1. The lowest BCUT2D eigenvalue weighted by molar-refractivity contribution is 0.601. The third-order valence-corrected chi connectivity index (χ3v) is 4.09. The molecular weight excluding hydrogens is 298 g/mol. The Bertz CT molecular complexity index is 704. The number of sulfonamides is 1. The van der Waals surface area contributed by atoms with Gasteiger partial charge in [0.15, 0.2) is 0 Å². The lowest BCUT2D eigenvalue weighted by Gasteiger charge is -2.09. The highest BCUT2D eigenvalue weighted by molar-refractivity contribution is 7.92. The average molecular weight is 312 g/mol. The molecule has 0 radical (unpaired) electrons. The Labute approximate surface area is 123 Å². The van der Waals surface area contributed by atoms with E-state index in [2.05, 4.69) is 15.0 Å². The summed E-state index contributed by atoms with van der Waals surface area (Å²) >= 11 is 5.83. The van der Waals surface area contributed by atoms with E-state index in [1.54, 1.807) is 24.3 Å². The molecule has 106 valence electrons. The minimum absolute atomic E-state index is 0.142. The van der Waals surface area contributed by atoms with Gasteiger partial charge in [-0.1, -0.05) is 17.7 Å². The van der Waals surface area contributed by atoms with Crippen molar-refractivity contribution < 1.29 is 8.42 Å². The van der Waals surface area contributed by atoms with Crippen molar-refractivity contribution in [2.75, 3.05) is 16.6 Å². The van der Waals surface area contributed by atoms with Gasteiger partial charge in [0.1, 0.15) is 5.82 Å². The van der Waals surface area contributed by atoms with Crippen LogP contribution in [-0.4, -0.2) is 19.9 Å². The number of rotatable bonds is 5. The molecule has 2 N–H and O–H groups in total. The van der Waals surface area contributed by atoms with Crippen LogP contribution in [0.3, 0.4) is 0 Å². The van der Waals surface area contributed by atoms with Crippen LogP contribution in [-0.2, 0) is 10.0 Å². The maximum atomic E-state index is 12.3. The summed E-state index contributed by atoms with van der Waals surface area (Å²) in [5.74, 6) is 0.515. The summed E-state index contributed by atoms with van der Waals surface area (Å²) in [6.45, 7) is 2.57. The molecule has 1 aromatic carbocycles. The first-order valence-electron chi connectivity index (χ1n) is 5.99. The Balaban J connectivity index is 2.28. The van der Waals surface area contributed by atoms with E-state index >= 15 is 0 Å². The summed E-state index contributed by atoms with van der Waals surface area (Å²) in [6, 6.07) is 9.46. The molecule has 2 aromatic rings. The zero-order valence-corrected chi connectivity index (χ0v) is 12.4. The van der Waals surface area contributed by atoms with Crippen molar-refractivity contribution >= 4 is 33.1 Å². The summed E-state index contributed by atoms with van der Waals surface area (Å²) in [5, 5.41) is 3.43. The number of aromatic nitrogens is 1. The molecule has 20 heavy (non-hydrogen) atoms. The average Bonchev–Trinajstić information content (AvgIpc) is 2.39. The molecule has 5 nitrogen and oxygen atoms in total. The Kier molecular flexibility index (Phi) is 4.46. The van der Waals surface area contributed by atoms with Crippen LogP contribution in [0.2, 0.25) is 5.02 Å². The molecule has 0 aliphatic heterocycles. The van der Waals surface area contributed by atoms with Gasteiger partial charge in [-0.25, -0.2) is 13.4 Å². The van der Waals surface area contributed by atoms with Gasteiger partial charge in [0.05, 0.1) is 10.6 Å². The third kappa shape index (κ3) is 3.61. The topological polar surface area (TPSA) is 71.1 Å². The summed E-state index contributed by atoms with van der Waals surface area (Å²) in [4.78, 5) is 4.18. The fourth-order valence-corrected chi connectivity index (χ4v) is 2.87. The lowest BCUT2D eigenvalue weighted by Crippen LogP contribution is -2.13. The van der Waals surface area contributed by atoms with Gasteiger partial charge in [0, 0.05) is 23.8 Å². The van der Waals surface area contributed by atoms with Crippen molar-refractivity contribution in [3.8, 4) is 0 Å². The van der Waals surface area contributed by atoms with Gasteiger partial charge in [0.25, 0.3) is 10.0 Å². The van der Waals surface area contributed by atoms with Crippen molar-refractivity contribution in [3.63, 3.8) is 0 Å². The third-order valence-electron chi connectivity index (χ3n) is 2.48. The molecule has 0 aliphatic rings. The lowest BCUT2D eigenvalue weighted by atomic mass is 10.3. The van der Waals surface area contributed by atoms with Gasteiger partial charge < -0.3 is 5.32 Å². The maximum Gasteiger partial charge on any atom is 0.262 e. The Morgan fingerprint density at radius 3 is 2.75 bits per heavy atom. The minimum atomic E-state index is -3.66. The summed E-state index contributed by atoms with van der Waals surface area (Å²) < 4.78 is 27.0. The Morgan fingerprint density at radius 1 is 1.25 bits per heavy atom. The SMILES string of the molecule is CCNc1cc(S(=O)(=O)Nc2cccc(Cl)c2)ccn1. The number of benzene rings is 1. The van der Waals surface area contributed by atoms with Gasteiger partial charge in [-0.05, 0) is 31.2 Å². The molecule has 0 saturated carbocycles. The first kappa shape index (κ1) is 14.6. The molecule has 1 aromatic heterocycles. The largest absolute Gasteiger partial charge is 0.370 e. The van der Waals surface area contributed by atoms with E-state index in [4.69, 9.17) is 11.6 Å². The van der Waals surface area contributed by atoms with Crippen molar-refractivity contribution in [2.24, 2.45) is 0 Å². The second-order valence-corrected chi connectivity index (χ2v) is 6.14. The van der Waals surface area contributed by atoms with Gasteiger partial charge in [-0.3, -0.25) is 4.72 Å². The number of hydrogen-bond donors (Lipinski definition) is 2. The molecule has 0 atom stereocenters. The monoisotopic (exact) mass is 311 g/mol. The van der Waals surface area contributed by atoms with Crippen LogP contribution in [0.4, 0.5) is 11.5 Å². The van der Waals surface area contributed by atoms with Crippen LogP contribution in [0.1, 0.15) is 6.92 Å². The normalized spacial score (nSPS) is 11.1. The highest BCUT2D eigenvalue weighted by atomic mass is 35.5. The van der Waals surface area contributed by atoms with E-state index in [9.17, 15) is 8.42 Å². The first-order valence-corrected chi connectivity index (χ1v) is 7.85. The highest BCUT2D eigenvalue weighted by Gasteiger charge is 2.15. The number of nitrogens with one attached hydrogen (secondary N) is 2. The zero-order chi connectivity index (χ0) is 14.6. The summed E-state index contributed by atoms with van der Waals surface area (Å²) in [5.41, 5.74) is 0.416. The fraction of sp³-hybridized carbons (Fsp3) is 0.154. The van der Waals surface area contributed by atoms with Crippen LogP contribution >= 0.6 is 11.6 Å². The quantitative estimate of drug-likeness (QED) is 0.890. The molecule has 0 spiro atoms. The van der Waals surface area contributed by atoms with Crippen LogP contribution in [0.15, 0.2) is 47.5 Å². The van der Waals surface area contributed by atoms with Crippen molar-refractivity contribution in [2.45, 2.75) is 11.8 Å². The minimum Gasteiger partial charge on any atom is -0.370 e. The predicted octanol–water partition coefficient (Wildman–Crippen LogP) is 2.97. The Hall–Kier alpha value is -1.79. The molecular formula is C13H14ClN3O2S. The van der Waals surface area contributed by atoms with E-state index in [1.165, 1.54) is 18.3 Å². The van der Waals surface area contributed by atoms with E-state index < -0.39 is 10.0 Å². The van der Waals surface area contributed by atoms with Crippen LogP contribution in [0.25, 0.3) is 0 Å². The predicted molar refractivity (Wildman–Crippen MR) is 80.7 cm³/mol. The van der Waals surface area contributed by atoms with Crippen LogP contribution in [0, 0.1) is 0 Å². The molecule has 7 heteroatoms. The smallest absolute Gasteiger partial charge is 0.262 e. The molecule has 0 bridgehead atoms. The van der Waals surface area contributed by atoms with E-state index in [0.29, 0.717) is 23.1 Å². The highest BCUT2D eigenvalue weighted by Crippen LogP contribution is 2.20. The molecule has 0 unspecified atom stereocenters. The summed E-state index contributed by atoms with van der Waals surface area (Å²) in [7, 11) is -3.66.